The summed E-state index contributed by atoms with van der Waals surface area (Å²) in [4.78, 5) is 12.2. The van der Waals surface area contributed by atoms with Crippen molar-refractivity contribution in [2.45, 2.75) is 19.6 Å². The first-order valence-electron chi connectivity index (χ1n) is 9.54. The molecule has 3 aromatic rings. The number of carbonyl (C=O) groups is 1. The number of nitrogens with zero attached hydrogens (tertiary/aromatic N) is 1. The van der Waals surface area contributed by atoms with E-state index in [1.807, 2.05) is 66.7 Å². The highest BCUT2D eigenvalue weighted by molar-refractivity contribution is 5.84. The van der Waals surface area contributed by atoms with E-state index < -0.39 is 6.10 Å². The highest BCUT2D eigenvalue weighted by Gasteiger charge is 2.13. The molecule has 0 radical (unpaired) electrons. The van der Waals surface area contributed by atoms with Crippen LogP contribution < -0.4 is 19.6 Å². The topological polar surface area (TPSA) is 69.2 Å². The van der Waals surface area contributed by atoms with E-state index in [-0.39, 0.29) is 5.91 Å². The van der Waals surface area contributed by atoms with Gasteiger partial charge in [-0.05, 0) is 66.6 Å². The molecule has 0 spiro atoms. The largest absolute Gasteiger partial charge is 0.497 e. The van der Waals surface area contributed by atoms with Gasteiger partial charge in [0.25, 0.3) is 5.91 Å². The molecule has 1 unspecified atom stereocenters. The first-order valence-corrected chi connectivity index (χ1v) is 9.54. The zero-order valence-electron chi connectivity index (χ0n) is 16.9. The van der Waals surface area contributed by atoms with Crippen LogP contribution >= 0.6 is 0 Å². The minimum Gasteiger partial charge on any atom is -0.497 e. The number of hydrogen-bond donors (Lipinski definition) is 1. The maximum Gasteiger partial charge on any atom is 0.280 e. The maximum absolute atomic E-state index is 12.2. The fourth-order valence-electron chi connectivity index (χ4n) is 2.56. The number of rotatable bonds is 9. The van der Waals surface area contributed by atoms with E-state index >= 15 is 0 Å². The van der Waals surface area contributed by atoms with Crippen LogP contribution in [0.3, 0.4) is 0 Å². The Morgan fingerprint density at radius 2 is 1.57 bits per heavy atom. The van der Waals surface area contributed by atoms with Crippen molar-refractivity contribution < 1.29 is 19.0 Å². The van der Waals surface area contributed by atoms with Crippen LogP contribution in [0, 0.1) is 0 Å². The van der Waals surface area contributed by atoms with E-state index in [4.69, 9.17) is 14.2 Å². The molecule has 1 amide bonds. The van der Waals surface area contributed by atoms with Crippen molar-refractivity contribution in [2.24, 2.45) is 5.10 Å². The molecule has 0 saturated carbocycles. The third-order valence-electron chi connectivity index (χ3n) is 4.26. The summed E-state index contributed by atoms with van der Waals surface area (Å²) in [5, 5.41) is 3.96. The zero-order chi connectivity index (χ0) is 21.2. The highest BCUT2D eigenvalue weighted by Crippen LogP contribution is 2.19. The number of benzene rings is 3. The number of hydrogen-bond acceptors (Lipinski definition) is 5. The Balaban J connectivity index is 1.45. The van der Waals surface area contributed by atoms with Crippen molar-refractivity contribution in [3.8, 4) is 17.2 Å². The lowest BCUT2D eigenvalue weighted by Gasteiger charge is -2.13. The van der Waals surface area contributed by atoms with Crippen molar-refractivity contribution in [1.29, 1.82) is 0 Å². The van der Waals surface area contributed by atoms with Gasteiger partial charge in [-0.25, -0.2) is 5.43 Å². The summed E-state index contributed by atoms with van der Waals surface area (Å²) in [7, 11) is 1.61. The second-order valence-corrected chi connectivity index (χ2v) is 6.51. The SMILES string of the molecule is COc1ccc(/C=N/NC(=O)C(C)Oc2ccc(OCc3ccccc3)cc2)cc1. The predicted molar refractivity (Wildman–Crippen MR) is 116 cm³/mol. The van der Waals surface area contributed by atoms with Crippen LogP contribution in [0.1, 0.15) is 18.1 Å². The molecular weight excluding hydrogens is 380 g/mol. The summed E-state index contributed by atoms with van der Waals surface area (Å²) in [6, 6.07) is 24.4. The maximum atomic E-state index is 12.2. The molecule has 0 saturated heterocycles. The van der Waals surface area contributed by atoms with E-state index in [0.717, 1.165) is 22.6 Å². The second kappa shape index (κ2) is 10.7. The molecule has 0 aromatic heterocycles. The molecule has 6 heteroatoms. The van der Waals surface area contributed by atoms with Gasteiger partial charge in [0, 0.05) is 0 Å². The molecule has 30 heavy (non-hydrogen) atoms. The van der Waals surface area contributed by atoms with Gasteiger partial charge in [0.1, 0.15) is 23.9 Å². The molecule has 1 atom stereocenters. The first-order chi connectivity index (χ1) is 14.6. The lowest BCUT2D eigenvalue weighted by Crippen LogP contribution is -2.33. The summed E-state index contributed by atoms with van der Waals surface area (Å²) < 4.78 is 16.5. The zero-order valence-corrected chi connectivity index (χ0v) is 16.9. The third-order valence-corrected chi connectivity index (χ3v) is 4.26. The Morgan fingerprint density at radius 3 is 2.23 bits per heavy atom. The summed E-state index contributed by atoms with van der Waals surface area (Å²) >= 11 is 0. The summed E-state index contributed by atoms with van der Waals surface area (Å²) in [6.45, 7) is 2.16. The molecule has 0 heterocycles. The van der Waals surface area contributed by atoms with Crippen LogP contribution in [0.4, 0.5) is 0 Å². The Bertz CT molecular complexity index is 955. The Labute approximate surface area is 176 Å². The average Bonchev–Trinajstić information content (AvgIpc) is 2.79. The van der Waals surface area contributed by atoms with E-state index in [1.165, 1.54) is 0 Å². The monoisotopic (exact) mass is 404 g/mol. The quantitative estimate of drug-likeness (QED) is 0.429. The molecule has 0 aliphatic carbocycles. The second-order valence-electron chi connectivity index (χ2n) is 6.51. The van der Waals surface area contributed by atoms with Gasteiger partial charge in [-0.3, -0.25) is 4.79 Å². The Hall–Kier alpha value is -3.80. The minimum absolute atomic E-state index is 0.343. The minimum atomic E-state index is -0.700. The molecule has 1 N–H and O–H groups in total. The summed E-state index contributed by atoms with van der Waals surface area (Å²) in [6.07, 6.45) is 0.859. The van der Waals surface area contributed by atoms with Crippen molar-refractivity contribution in [2.75, 3.05) is 7.11 Å². The van der Waals surface area contributed by atoms with Crippen LogP contribution in [-0.4, -0.2) is 25.3 Å². The third kappa shape index (κ3) is 6.38. The van der Waals surface area contributed by atoms with E-state index in [2.05, 4.69) is 10.5 Å². The van der Waals surface area contributed by atoms with Crippen molar-refractivity contribution in [3.63, 3.8) is 0 Å². The molecule has 0 bridgehead atoms. The number of hydrazone groups is 1. The number of ether oxygens (including phenoxy) is 3. The fourth-order valence-corrected chi connectivity index (χ4v) is 2.56. The van der Waals surface area contributed by atoms with Gasteiger partial charge in [-0.2, -0.15) is 5.10 Å². The highest BCUT2D eigenvalue weighted by atomic mass is 16.5. The Kier molecular flexibility index (Phi) is 7.44. The van der Waals surface area contributed by atoms with Gasteiger partial charge in [-0.15, -0.1) is 0 Å². The molecule has 0 aliphatic heterocycles. The van der Waals surface area contributed by atoms with Gasteiger partial charge in [0.05, 0.1) is 13.3 Å². The van der Waals surface area contributed by atoms with Crippen LogP contribution in [-0.2, 0) is 11.4 Å². The van der Waals surface area contributed by atoms with Crippen molar-refractivity contribution in [3.05, 3.63) is 90.0 Å². The van der Waals surface area contributed by atoms with Gasteiger partial charge in [0.2, 0.25) is 0 Å². The molecule has 6 nitrogen and oxygen atoms in total. The smallest absolute Gasteiger partial charge is 0.280 e. The van der Waals surface area contributed by atoms with Gasteiger partial charge in [-0.1, -0.05) is 30.3 Å². The van der Waals surface area contributed by atoms with Crippen molar-refractivity contribution in [1.82, 2.24) is 5.43 Å². The number of nitrogens with one attached hydrogen (secondary N) is 1. The fraction of sp³-hybridized carbons (Fsp3) is 0.167. The van der Waals surface area contributed by atoms with Gasteiger partial charge >= 0.3 is 0 Å². The van der Waals surface area contributed by atoms with E-state index in [0.29, 0.717) is 12.4 Å². The van der Waals surface area contributed by atoms with Gasteiger partial charge in [0.15, 0.2) is 6.10 Å². The molecule has 3 aromatic carbocycles. The molecule has 0 aliphatic rings. The summed E-state index contributed by atoms with van der Waals surface area (Å²) in [5.41, 5.74) is 4.42. The lowest BCUT2D eigenvalue weighted by atomic mass is 10.2. The van der Waals surface area contributed by atoms with Gasteiger partial charge < -0.3 is 14.2 Å². The predicted octanol–water partition coefficient (Wildman–Crippen LogP) is 4.19. The number of carbonyl (C=O) groups excluding carboxylic acids is 1. The van der Waals surface area contributed by atoms with E-state index in [1.54, 1.807) is 32.4 Å². The Morgan fingerprint density at radius 1 is 0.933 bits per heavy atom. The van der Waals surface area contributed by atoms with Crippen LogP contribution in [0.25, 0.3) is 0 Å². The van der Waals surface area contributed by atoms with Crippen LogP contribution in [0.2, 0.25) is 0 Å². The molecule has 3 rings (SSSR count). The molecule has 0 fully saturated rings. The standard InChI is InChI=1S/C24H24N2O4/c1-18(24(27)26-25-16-19-8-10-21(28-2)11-9-19)30-23-14-12-22(13-15-23)29-17-20-6-4-3-5-7-20/h3-16,18H,17H2,1-2H3,(H,26,27)/b25-16+. The average molecular weight is 404 g/mol. The number of amides is 1. The first kappa shape index (κ1) is 20.9. The number of methoxy groups -OCH3 is 1. The van der Waals surface area contributed by atoms with E-state index in [9.17, 15) is 4.79 Å². The van der Waals surface area contributed by atoms with Crippen LogP contribution in [0.5, 0.6) is 17.2 Å². The summed E-state index contributed by atoms with van der Waals surface area (Å²) in [5.74, 6) is 1.72. The normalized spacial score (nSPS) is 11.7. The molecular formula is C24H24N2O4. The van der Waals surface area contributed by atoms with Crippen LogP contribution in [0.15, 0.2) is 84.0 Å². The van der Waals surface area contributed by atoms with Crippen molar-refractivity contribution >= 4 is 12.1 Å². The molecule has 154 valence electrons. The lowest BCUT2D eigenvalue weighted by molar-refractivity contribution is -0.127.